The molecule has 0 saturated heterocycles. The molecule has 12 atom stereocenters. The number of hydrogen-bond donors (Lipinski definition) is 4. The average Bonchev–Trinajstić information content (AvgIpc) is 2.81. The minimum absolute atomic E-state index is 0.0329. The van der Waals surface area contributed by atoms with E-state index in [0.29, 0.717) is 24.2 Å². The number of rotatable bonds is 2. The van der Waals surface area contributed by atoms with E-state index in [9.17, 15) is 25.2 Å². The number of hydrogen-bond acceptors (Lipinski definition) is 4. The third kappa shape index (κ3) is 2.76. The van der Waals surface area contributed by atoms with Crippen LogP contribution in [0.25, 0.3) is 0 Å². The number of fused-ring (bicyclic) bond motifs is 7. The van der Waals surface area contributed by atoms with Gasteiger partial charge in [-0.25, -0.2) is 0 Å². The normalized spacial score (nSPS) is 58.6. The van der Waals surface area contributed by atoms with E-state index in [0.717, 1.165) is 44.9 Å². The lowest BCUT2D eigenvalue weighted by molar-refractivity contribution is -0.247. The van der Waals surface area contributed by atoms with Crippen LogP contribution in [-0.4, -0.2) is 45.2 Å². The molecule has 0 unspecified atom stereocenters. The topological polar surface area (TPSA) is 98.0 Å². The Hall–Kier alpha value is -0.910. The number of carbonyl (C=O) groups is 1. The van der Waals surface area contributed by atoms with Gasteiger partial charge in [-0.1, -0.05) is 60.1 Å². The van der Waals surface area contributed by atoms with Crippen LogP contribution in [0.15, 0.2) is 11.6 Å². The van der Waals surface area contributed by atoms with Crippen molar-refractivity contribution in [2.45, 2.75) is 112 Å². The number of aliphatic hydroxyl groups excluding tert-OH is 3. The summed E-state index contributed by atoms with van der Waals surface area (Å²) in [6.45, 7) is 15.9. The van der Waals surface area contributed by atoms with Crippen molar-refractivity contribution >= 4 is 5.97 Å². The first-order chi connectivity index (χ1) is 16.6. The molecule has 5 rings (SSSR count). The van der Waals surface area contributed by atoms with Gasteiger partial charge < -0.3 is 20.4 Å². The highest BCUT2D eigenvalue weighted by Crippen LogP contribution is 2.78. The Morgan fingerprint density at radius 3 is 2.25 bits per heavy atom. The van der Waals surface area contributed by atoms with E-state index in [1.165, 1.54) is 5.57 Å². The van der Waals surface area contributed by atoms with E-state index < -0.39 is 29.0 Å². The van der Waals surface area contributed by atoms with Crippen molar-refractivity contribution in [3.05, 3.63) is 11.6 Å². The summed E-state index contributed by atoms with van der Waals surface area (Å²) in [4.78, 5) is 13.0. The number of aliphatic carboxylic acids is 1. The van der Waals surface area contributed by atoms with E-state index >= 15 is 0 Å². The Labute approximate surface area is 217 Å². The largest absolute Gasteiger partial charge is 0.481 e. The predicted molar refractivity (Wildman–Crippen MR) is 140 cm³/mol. The standard InChI is InChI=1S/C31H50O5/c1-18-10-13-31(25(35)36)15-14-29(6)23(30(31,7)19(18)2)9-8-22-26(3)16-20(33)24(34)27(4,17-32)21(26)11-12-28(22,29)5/h9,18-22,24,32-34H,8,10-17H2,1-7H3,(H,35,36)/t18-,19+,20-,21-,22-,24+,26+,27+,28-,29-,30+,31-/m1/s1. The van der Waals surface area contributed by atoms with Gasteiger partial charge in [0.25, 0.3) is 0 Å². The lowest BCUT2D eigenvalue weighted by Crippen LogP contribution is -2.69. The average molecular weight is 503 g/mol. The second-order valence-electron chi connectivity index (χ2n) is 15.0. The fraction of sp³-hybridized carbons (Fsp3) is 0.903. The quantitative estimate of drug-likeness (QED) is 0.378. The maximum absolute atomic E-state index is 13.0. The SMILES string of the molecule is C[C@@H]1CC[C@]2(C(=O)O)CC[C@]3(C)C(=CC[C@@H]4[C@@]5(C)C[C@@H](O)[C@H](O)[C@@](C)(CO)[C@@H]5CC[C@]43C)[C@]2(C)[C@H]1C. The van der Waals surface area contributed by atoms with Crippen LogP contribution in [0.4, 0.5) is 0 Å². The molecule has 5 heteroatoms. The summed E-state index contributed by atoms with van der Waals surface area (Å²) >= 11 is 0. The van der Waals surface area contributed by atoms with E-state index in [4.69, 9.17) is 0 Å². The van der Waals surface area contributed by atoms with Crippen LogP contribution in [0.2, 0.25) is 0 Å². The summed E-state index contributed by atoms with van der Waals surface area (Å²) in [5, 5.41) is 43.1. The first-order valence-corrected chi connectivity index (χ1v) is 14.5. The van der Waals surface area contributed by atoms with Crippen LogP contribution >= 0.6 is 0 Å². The van der Waals surface area contributed by atoms with Crippen LogP contribution in [0.3, 0.4) is 0 Å². The van der Waals surface area contributed by atoms with Crippen LogP contribution in [-0.2, 0) is 4.79 Å². The minimum atomic E-state index is -0.912. The third-order valence-electron chi connectivity index (χ3n) is 14.4. The first kappa shape index (κ1) is 26.7. The molecule has 0 aromatic carbocycles. The van der Waals surface area contributed by atoms with Crippen LogP contribution in [0.1, 0.15) is 99.8 Å². The van der Waals surface area contributed by atoms with Crippen molar-refractivity contribution in [1.29, 1.82) is 0 Å². The van der Waals surface area contributed by atoms with Crippen molar-refractivity contribution in [2.24, 2.45) is 56.2 Å². The molecular formula is C31H50O5. The molecule has 5 aliphatic rings. The highest BCUT2D eigenvalue weighted by atomic mass is 16.4. The Morgan fingerprint density at radius 2 is 1.64 bits per heavy atom. The molecule has 0 bridgehead atoms. The number of allylic oxidation sites excluding steroid dienone is 2. The van der Waals surface area contributed by atoms with Crippen LogP contribution < -0.4 is 0 Å². The van der Waals surface area contributed by atoms with Crippen LogP contribution in [0.5, 0.6) is 0 Å². The van der Waals surface area contributed by atoms with Gasteiger partial charge in [-0.2, -0.15) is 0 Å². The van der Waals surface area contributed by atoms with E-state index in [2.05, 4.69) is 47.6 Å². The van der Waals surface area contributed by atoms with Crippen molar-refractivity contribution in [1.82, 2.24) is 0 Å². The van der Waals surface area contributed by atoms with Gasteiger partial charge in [0.1, 0.15) is 0 Å². The molecule has 5 nitrogen and oxygen atoms in total. The summed E-state index contributed by atoms with van der Waals surface area (Å²) in [6, 6.07) is 0. The molecule has 4 fully saturated rings. The first-order valence-electron chi connectivity index (χ1n) is 14.5. The molecule has 0 heterocycles. The maximum atomic E-state index is 13.0. The van der Waals surface area contributed by atoms with Gasteiger partial charge in [0.05, 0.1) is 24.2 Å². The molecule has 5 aliphatic carbocycles. The van der Waals surface area contributed by atoms with Gasteiger partial charge in [-0.15, -0.1) is 0 Å². The second kappa shape index (κ2) is 7.82. The van der Waals surface area contributed by atoms with Gasteiger partial charge in [-0.3, -0.25) is 4.79 Å². The van der Waals surface area contributed by atoms with Gasteiger partial charge in [0.15, 0.2) is 0 Å². The summed E-state index contributed by atoms with van der Waals surface area (Å²) in [5.41, 5.74) is -0.754. The van der Waals surface area contributed by atoms with Crippen molar-refractivity contribution in [3.8, 4) is 0 Å². The Morgan fingerprint density at radius 1 is 0.972 bits per heavy atom. The highest BCUT2D eigenvalue weighted by Gasteiger charge is 2.73. The molecule has 0 aromatic rings. The molecule has 4 saturated carbocycles. The van der Waals surface area contributed by atoms with Gasteiger partial charge in [-0.05, 0) is 91.3 Å². The molecule has 0 aromatic heterocycles. The zero-order valence-electron chi connectivity index (χ0n) is 23.6. The molecule has 204 valence electrons. The maximum Gasteiger partial charge on any atom is 0.310 e. The molecule has 0 aliphatic heterocycles. The third-order valence-corrected chi connectivity index (χ3v) is 14.4. The molecule has 4 N–H and O–H groups in total. The lowest BCUT2D eigenvalue weighted by atomic mass is 9.30. The summed E-state index contributed by atoms with van der Waals surface area (Å²) in [5.74, 6) is 0.617. The number of carboxylic acid groups (broad SMARTS) is 1. The molecule has 36 heavy (non-hydrogen) atoms. The number of aliphatic hydroxyl groups is 3. The molecule has 0 amide bonds. The molecule has 0 radical (unpaired) electrons. The fourth-order valence-electron chi connectivity index (χ4n) is 11.6. The molecular weight excluding hydrogens is 452 g/mol. The summed E-state index contributed by atoms with van der Waals surface area (Å²) in [6.07, 6.45) is 7.39. The van der Waals surface area contributed by atoms with Crippen LogP contribution in [0, 0.1) is 56.2 Å². The predicted octanol–water partition coefficient (Wildman–Crippen LogP) is 5.42. The van der Waals surface area contributed by atoms with E-state index in [1.807, 2.05) is 6.92 Å². The smallest absolute Gasteiger partial charge is 0.310 e. The lowest BCUT2D eigenvalue weighted by Gasteiger charge is -2.73. The van der Waals surface area contributed by atoms with Gasteiger partial charge in [0.2, 0.25) is 0 Å². The van der Waals surface area contributed by atoms with Crippen molar-refractivity contribution < 1.29 is 25.2 Å². The van der Waals surface area contributed by atoms with E-state index in [-0.39, 0.29) is 34.2 Å². The second-order valence-corrected chi connectivity index (χ2v) is 15.0. The number of carboxylic acids is 1. The zero-order valence-corrected chi connectivity index (χ0v) is 23.6. The molecule has 0 spiro atoms. The van der Waals surface area contributed by atoms with Gasteiger partial charge in [0, 0.05) is 10.8 Å². The van der Waals surface area contributed by atoms with Crippen molar-refractivity contribution in [3.63, 3.8) is 0 Å². The zero-order chi connectivity index (χ0) is 26.7. The summed E-state index contributed by atoms with van der Waals surface area (Å²) in [7, 11) is 0. The van der Waals surface area contributed by atoms with Crippen molar-refractivity contribution in [2.75, 3.05) is 6.61 Å². The monoisotopic (exact) mass is 502 g/mol. The summed E-state index contributed by atoms with van der Waals surface area (Å²) < 4.78 is 0. The van der Waals surface area contributed by atoms with E-state index in [1.54, 1.807) is 0 Å². The van der Waals surface area contributed by atoms with Gasteiger partial charge >= 0.3 is 5.97 Å². The fourth-order valence-corrected chi connectivity index (χ4v) is 11.6. The minimum Gasteiger partial charge on any atom is -0.481 e. The highest BCUT2D eigenvalue weighted by molar-refractivity contribution is 5.78. The Kier molecular flexibility index (Phi) is 5.80. The Balaban J connectivity index is 1.66. The Bertz CT molecular complexity index is 976.